The number of hydrogen-bond donors (Lipinski definition) is 2. The van der Waals surface area contributed by atoms with E-state index in [1.165, 1.54) is 0 Å². The van der Waals surface area contributed by atoms with Crippen LogP contribution in [0.15, 0.2) is 42.5 Å². The van der Waals surface area contributed by atoms with E-state index in [1.54, 1.807) is 6.07 Å². The summed E-state index contributed by atoms with van der Waals surface area (Å²) >= 11 is 0. The topological polar surface area (TPSA) is 97.1 Å². The molecule has 1 aromatic carbocycles. The molecule has 1 aliphatic heterocycles. The first-order chi connectivity index (χ1) is 16.3. The number of anilines is 1. The zero-order valence-electron chi connectivity index (χ0n) is 19.9. The van der Waals surface area contributed by atoms with E-state index in [1.807, 2.05) is 73.5 Å². The number of hydrogen-bond acceptors (Lipinski definition) is 5. The zero-order valence-corrected chi connectivity index (χ0v) is 19.9. The van der Waals surface area contributed by atoms with E-state index in [4.69, 9.17) is 0 Å². The number of aryl methyl sites for hydroxylation is 1. The second kappa shape index (κ2) is 8.57. The average molecular weight is 460 g/mol. The van der Waals surface area contributed by atoms with Gasteiger partial charge in [-0.05, 0) is 71.2 Å². The van der Waals surface area contributed by atoms with Crippen molar-refractivity contribution < 1.29 is 9.59 Å². The number of nitrogens with one attached hydrogen (secondary N) is 2. The van der Waals surface area contributed by atoms with Crippen molar-refractivity contribution in [2.45, 2.75) is 38.9 Å². The van der Waals surface area contributed by atoms with Gasteiger partial charge in [-0.1, -0.05) is 12.1 Å². The molecule has 0 radical (unpaired) electrons. The lowest BCUT2D eigenvalue weighted by atomic mass is 10.1. The van der Waals surface area contributed by atoms with Crippen molar-refractivity contribution in [3.63, 3.8) is 0 Å². The van der Waals surface area contributed by atoms with E-state index < -0.39 is 0 Å². The highest BCUT2D eigenvalue weighted by Crippen LogP contribution is 2.28. The lowest BCUT2D eigenvalue weighted by molar-refractivity contribution is 0.0891. The van der Waals surface area contributed by atoms with Gasteiger partial charge in [0.1, 0.15) is 17.0 Å². The highest BCUT2D eigenvalue weighted by Gasteiger charge is 2.30. The highest BCUT2D eigenvalue weighted by molar-refractivity contribution is 6.05. The Morgan fingerprint density at radius 2 is 1.94 bits per heavy atom. The Morgan fingerprint density at radius 1 is 1.15 bits per heavy atom. The largest absolute Gasteiger partial charge is 0.346 e. The van der Waals surface area contributed by atoms with Crippen molar-refractivity contribution in [1.29, 1.82) is 0 Å². The third-order valence-electron chi connectivity index (χ3n) is 6.51. The van der Waals surface area contributed by atoms with Crippen LogP contribution in [0.1, 0.15) is 47.3 Å². The SMILES string of the molecule is C[C@@H]1NC(=O)c2cc3ccc(C(=O)Nc4nc5ccccc5n4CCCN(C)C)nc3n2[C@@H]1C. The molecule has 2 atom stereocenters. The van der Waals surface area contributed by atoms with Crippen molar-refractivity contribution in [2.75, 3.05) is 26.0 Å². The Morgan fingerprint density at radius 3 is 2.74 bits per heavy atom. The van der Waals surface area contributed by atoms with Crippen LogP contribution in [-0.4, -0.2) is 62.5 Å². The number of amides is 2. The number of para-hydroxylation sites is 2. The van der Waals surface area contributed by atoms with Gasteiger partial charge in [0.2, 0.25) is 5.95 Å². The molecule has 9 heteroatoms. The second-order valence-corrected chi connectivity index (χ2v) is 9.20. The molecule has 0 unspecified atom stereocenters. The van der Waals surface area contributed by atoms with Gasteiger partial charge in [-0.2, -0.15) is 0 Å². The smallest absolute Gasteiger partial charge is 0.276 e. The van der Waals surface area contributed by atoms with Crippen LogP contribution < -0.4 is 10.6 Å². The fraction of sp³-hybridized carbons (Fsp3) is 0.360. The van der Waals surface area contributed by atoms with Gasteiger partial charge >= 0.3 is 0 Å². The molecular formula is C25H29N7O2. The number of pyridine rings is 1. The molecular weight excluding hydrogens is 430 g/mol. The van der Waals surface area contributed by atoms with Gasteiger partial charge in [-0.15, -0.1) is 0 Å². The molecule has 2 amide bonds. The third kappa shape index (κ3) is 3.81. The molecule has 2 N–H and O–H groups in total. The van der Waals surface area contributed by atoms with Crippen LogP contribution in [0.25, 0.3) is 22.1 Å². The number of carbonyl (C=O) groups is 2. The maximum Gasteiger partial charge on any atom is 0.276 e. The molecule has 0 aliphatic carbocycles. The second-order valence-electron chi connectivity index (χ2n) is 9.20. The summed E-state index contributed by atoms with van der Waals surface area (Å²) in [5.41, 5.74) is 3.30. The predicted octanol–water partition coefficient (Wildman–Crippen LogP) is 3.28. The summed E-state index contributed by atoms with van der Waals surface area (Å²) in [5, 5.41) is 6.78. The van der Waals surface area contributed by atoms with Gasteiger partial charge in [0.15, 0.2) is 0 Å². The summed E-state index contributed by atoms with van der Waals surface area (Å²) < 4.78 is 3.97. The van der Waals surface area contributed by atoms with Gasteiger partial charge < -0.3 is 19.4 Å². The lowest BCUT2D eigenvalue weighted by Gasteiger charge is -2.29. The van der Waals surface area contributed by atoms with Crippen molar-refractivity contribution >= 4 is 39.8 Å². The Hall–Kier alpha value is -3.72. The summed E-state index contributed by atoms with van der Waals surface area (Å²) in [7, 11) is 4.09. The number of benzene rings is 1. The van der Waals surface area contributed by atoms with Crippen LogP contribution in [-0.2, 0) is 6.54 Å². The Bertz CT molecular complexity index is 1400. The number of rotatable bonds is 6. The highest BCUT2D eigenvalue weighted by atomic mass is 16.2. The summed E-state index contributed by atoms with van der Waals surface area (Å²) in [5.74, 6) is 0.0500. The number of fused-ring (bicyclic) bond motifs is 4. The van der Waals surface area contributed by atoms with Crippen LogP contribution in [0.3, 0.4) is 0 Å². The summed E-state index contributed by atoms with van der Waals surface area (Å²) in [6, 6.07) is 13.2. The number of carbonyl (C=O) groups excluding carboxylic acids is 2. The number of aromatic nitrogens is 4. The van der Waals surface area contributed by atoms with E-state index in [0.717, 1.165) is 35.9 Å². The van der Waals surface area contributed by atoms with Crippen molar-refractivity contribution in [1.82, 2.24) is 29.3 Å². The van der Waals surface area contributed by atoms with Gasteiger partial charge in [0.05, 0.1) is 17.1 Å². The van der Waals surface area contributed by atoms with Crippen LogP contribution in [0.5, 0.6) is 0 Å². The molecule has 34 heavy (non-hydrogen) atoms. The molecule has 4 heterocycles. The number of imidazole rings is 1. The molecule has 0 saturated carbocycles. The molecule has 0 fully saturated rings. The third-order valence-corrected chi connectivity index (χ3v) is 6.51. The Kier molecular flexibility index (Phi) is 5.57. The molecule has 176 valence electrons. The first-order valence-corrected chi connectivity index (χ1v) is 11.6. The Balaban J connectivity index is 1.48. The van der Waals surface area contributed by atoms with E-state index in [-0.39, 0.29) is 29.6 Å². The first kappa shape index (κ1) is 22.1. The monoisotopic (exact) mass is 459 g/mol. The van der Waals surface area contributed by atoms with Crippen molar-refractivity contribution in [3.8, 4) is 0 Å². The minimum atomic E-state index is -0.331. The maximum absolute atomic E-state index is 13.2. The van der Waals surface area contributed by atoms with E-state index >= 15 is 0 Å². The van der Waals surface area contributed by atoms with Crippen LogP contribution in [0, 0.1) is 0 Å². The zero-order chi connectivity index (χ0) is 24.0. The van der Waals surface area contributed by atoms with Crippen LogP contribution in [0.4, 0.5) is 5.95 Å². The lowest BCUT2D eigenvalue weighted by Crippen LogP contribution is -2.44. The molecule has 0 saturated heterocycles. The van der Waals surface area contributed by atoms with Crippen LogP contribution in [0.2, 0.25) is 0 Å². The van der Waals surface area contributed by atoms with Crippen molar-refractivity contribution in [3.05, 3.63) is 53.9 Å². The summed E-state index contributed by atoms with van der Waals surface area (Å²) in [6.07, 6.45) is 0.925. The van der Waals surface area contributed by atoms with Crippen LogP contribution >= 0.6 is 0 Å². The van der Waals surface area contributed by atoms with Gasteiger partial charge in [0.25, 0.3) is 11.8 Å². The van der Waals surface area contributed by atoms with E-state index in [0.29, 0.717) is 17.3 Å². The van der Waals surface area contributed by atoms with E-state index in [9.17, 15) is 9.59 Å². The average Bonchev–Trinajstić information content (AvgIpc) is 3.36. The molecule has 4 aromatic rings. The fourth-order valence-corrected chi connectivity index (χ4v) is 4.54. The minimum absolute atomic E-state index is 0.0249. The summed E-state index contributed by atoms with van der Waals surface area (Å²) in [6.45, 7) is 5.67. The Labute approximate surface area is 197 Å². The fourth-order valence-electron chi connectivity index (χ4n) is 4.54. The summed E-state index contributed by atoms with van der Waals surface area (Å²) in [4.78, 5) is 37.2. The standard InChI is InChI=1S/C25H29N7O2/c1-15-16(2)32-21(24(34)26-15)14-17-10-11-19(27-22(17)32)23(33)29-25-28-18-8-5-6-9-20(18)31(25)13-7-12-30(3)4/h5-6,8-11,14-16H,7,12-13H2,1-4H3,(H,26,34)(H,28,29,33)/t15-,16+/m0/s1. The minimum Gasteiger partial charge on any atom is -0.346 e. The molecule has 0 bridgehead atoms. The van der Waals surface area contributed by atoms with Crippen molar-refractivity contribution in [2.24, 2.45) is 0 Å². The molecule has 0 spiro atoms. The van der Waals surface area contributed by atoms with E-state index in [2.05, 4.69) is 25.5 Å². The molecule has 5 rings (SSSR count). The normalized spacial score (nSPS) is 17.9. The predicted molar refractivity (Wildman–Crippen MR) is 132 cm³/mol. The molecule has 9 nitrogen and oxygen atoms in total. The molecule has 3 aromatic heterocycles. The first-order valence-electron chi connectivity index (χ1n) is 11.6. The van der Waals surface area contributed by atoms with Gasteiger partial charge in [-0.25, -0.2) is 9.97 Å². The maximum atomic E-state index is 13.2. The molecule has 1 aliphatic rings. The van der Waals surface area contributed by atoms with Gasteiger partial charge in [-0.3, -0.25) is 14.9 Å². The number of nitrogens with zero attached hydrogens (tertiary/aromatic N) is 5. The van der Waals surface area contributed by atoms with Gasteiger partial charge in [0, 0.05) is 18.0 Å². The quantitative estimate of drug-likeness (QED) is 0.461.